The topological polar surface area (TPSA) is 57.2 Å². The predicted octanol–water partition coefficient (Wildman–Crippen LogP) is 2.19. The van der Waals surface area contributed by atoms with Crippen molar-refractivity contribution in [2.24, 2.45) is 10.9 Å². The second-order valence-corrected chi connectivity index (χ2v) is 6.24. The summed E-state index contributed by atoms with van der Waals surface area (Å²) in [7, 11) is 1.47. The summed E-state index contributed by atoms with van der Waals surface area (Å²) in [4.78, 5) is 21.1. The van der Waals surface area contributed by atoms with Crippen LogP contribution in [0.5, 0.6) is 0 Å². The number of aliphatic imine (C=N–C) groups is 1. The van der Waals surface area contributed by atoms with Crippen molar-refractivity contribution in [1.82, 2.24) is 15.1 Å². The van der Waals surface area contributed by atoms with E-state index in [0.29, 0.717) is 6.04 Å². The highest BCUT2D eigenvalue weighted by Crippen LogP contribution is 2.18. The van der Waals surface area contributed by atoms with Crippen LogP contribution in [-0.4, -0.2) is 74.1 Å². The Labute approximate surface area is 164 Å². The summed E-state index contributed by atoms with van der Waals surface area (Å²) in [5, 5.41) is 3.37. The number of likely N-dealkylation sites (tertiary alicyclic amines) is 1. The number of methoxy groups -OCH3 is 1. The van der Waals surface area contributed by atoms with Crippen LogP contribution >= 0.6 is 24.0 Å². The SMILES string of the molecule is CCNC(=NCCN(CC)C(C)C)N1CCC(C(=O)OC)CC1.I. The number of carbonyl (C=O) groups excluding carboxylic acids is 1. The molecule has 0 aromatic rings. The van der Waals surface area contributed by atoms with Crippen LogP contribution in [0.2, 0.25) is 0 Å². The largest absolute Gasteiger partial charge is 0.469 e. The minimum absolute atomic E-state index is 0. The molecule has 0 radical (unpaired) electrons. The molecule has 0 aliphatic carbocycles. The van der Waals surface area contributed by atoms with E-state index in [1.807, 2.05) is 0 Å². The first-order chi connectivity index (χ1) is 11.0. The summed E-state index contributed by atoms with van der Waals surface area (Å²) >= 11 is 0. The van der Waals surface area contributed by atoms with Gasteiger partial charge in [0.2, 0.25) is 0 Å². The molecule has 1 saturated heterocycles. The quantitative estimate of drug-likeness (QED) is 0.277. The maximum Gasteiger partial charge on any atom is 0.308 e. The summed E-state index contributed by atoms with van der Waals surface area (Å²) in [6.45, 7) is 14.1. The molecular formula is C17H35IN4O2. The molecule has 1 N–H and O–H groups in total. The monoisotopic (exact) mass is 454 g/mol. The highest BCUT2D eigenvalue weighted by Gasteiger charge is 2.26. The Kier molecular flexibility index (Phi) is 12.4. The van der Waals surface area contributed by atoms with E-state index in [4.69, 9.17) is 9.73 Å². The van der Waals surface area contributed by atoms with Crippen molar-refractivity contribution in [3.63, 3.8) is 0 Å². The molecule has 142 valence electrons. The number of nitrogens with one attached hydrogen (secondary N) is 1. The van der Waals surface area contributed by atoms with Gasteiger partial charge in [-0.25, -0.2) is 0 Å². The molecular weight excluding hydrogens is 419 g/mol. The average Bonchev–Trinajstić information content (AvgIpc) is 2.56. The molecule has 1 aliphatic rings. The van der Waals surface area contributed by atoms with Crippen molar-refractivity contribution in [2.45, 2.75) is 46.6 Å². The average molecular weight is 454 g/mol. The minimum Gasteiger partial charge on any atom is -0.469 e. The third-order valence-corrected chi connectivity index (χ3v) is 4.45. The fraction of sp³-hybridized carbons (Fsp3) is 0.882. The van der Waals surface area contributed by atoms with Crippen LogP contribution in [-0.2, 0) is 9.53 Å². The Morgan fingerprint density at radius 1 is 1.33 bits per heavy atom. The number of guanidine groups is 1. The summed E-state index contributed by atoms with van der Waals surface area (Å²) < 4.78 is 4.85. The number of ether oxygens (including phenoxy) is 1. The summed E-state index contributed by atoms with van der Waals surface area (Å²) in [6.07, 6.45) is 1.67. The van der Waals surface area contributed by atoms with E-state index in [9.17, 15) is 4.79 Å². The molecule has 6 nitrogen and oxygen atoms in total. The van der Waals surface area contributed by atoms with Crippen molar-refractivity contribution < 1.29 is 9.53 Å². The molecule has 1 heterocycles. The number of hydrogen-bond acceptors (Lipinski definition) is 4. The molecule has 24 heavy (non-hydrogen) atoms. The first kappa shape index (κ1) is 23.4. The van der Waals surface area contributed by atoms with Gasteiger partial charge in [-0.2, -0.15) is 0 Å². The molecule has 0 spiro atoms. The van der Waals surface area contributed by atoms with Crippen molar-refractivity contribution in [3.05, 3.63) is 0 Å². The third-order valence-electron chi connectivity index (χ3n) is 4.45. The fourth-order valence-corrected chi connectivity index (χ4v) is 2.99. The van der Waals surface area contributed by atoms with Gasteiger partial charge in [0.25, 0.3) is 0 Å². The normalized spacial score (nSPS) is 16.3. The lowest BCUT2D eigenvalue weighted by Crippen LogP contribution is -2.47. The molecule has 7 heteroatoms. The fourth-order valence-electron chi connectivity index (χ4n) is 2.99. The van der Waals surface area contributed by atoms with Gasteiger partial charge in [0.05, 0.1) is 19.6 Å². The van der Waals surface area contributed by atoms with Crippen LogP contribution in [0, 0.1) is 5.92 Å². The Hall–Kier alpha value is -0.570. The van der Waals surface area contributed by atoms with Gasteiger partial charge in [0.1, 0.15) is 0 Å². The first-order valence-corrected chi connectivity index (χ1v) is 8.88. The number of likely N-dealkylation sites (N-methyl/N-ethyl adjacent to an activating group) is 1. The van der Waals surface area contributed by atoms with Gasteiger partial charge in [-0.1, -0.05) is 6.92 Å². The van der Waals surface area contributed by atoms with Gasteiger partial charge in [-0.15, -0.1) is 24.0 Å². The van der Waals surface area contributed by atoms with Gasteiger partial charge in [0.15, 0.2) is 5.96 Å². The van der Waals surface area contributed by atoms with Crippen LogP contribution in [0.3, 0.4) is 0 Å². The zero-order valence-electron chi connectivity index (χ0n) is 15.9. The number of nitrogens with zero attached hydrogens (tertiary/aromatic N) is 3. The number of piperidine rings is 1. The lowest BCUT2D eigenvalue weighted by Gasteiger charge is -2.33. The molecule has 1 rings (SSSR count). The van der Waals surface area contributed by atoms with Crippen LogP contribution in [0.25, 0.3) is 0 Å². The smallest absolute Gasteiger partial charge is 0.308 e. The predicted molar refractivity (Wildman–Crippen MR) is 110 cm³/mol. The molecule has 0 bridgehead atoms. The van der Waals surface area contributed by atoms with Crippen LogP contribution in [0.4, 0.5) is 0 Å². The number of hydrogen-bond donors (Lipinski definition) is 1. The van der Waals surface area contributed by atoms with Gasteiger partial charge in [-0.05, 0) is 40.2 Å². The van der Waals surface area contributed by atoms with Gasteiger partial charge < -0.3 is 15.0 Å². The van der Waals surface area contributed by atoms with Gasteiger partial charge >= 0.3 is 5.97 Å². The third kappa shape index (κ3) is 7.55. The van der Waals surface area contributed by atoms with Crippen LogP contribution < -0.4 is 5.32 Å². The van der Waals surface area contributed by atoms with Crippen molar-refractivity contribution in [2.75, 3.05) is 46.4 Å². The number of halogens is 1. The Morgan fingerprint density at radius 3 is 2.42 bits per heavy atom. The zero-order valence-corrected chi connectivity index (χ0v) is 18.2. The maximum atomic E-state index is 11.6. The van der Waals surface area contributed by atoms with E-state index < -0.39 is 0 Å². The van der Waals surface area contributed by atoms with Gasteiger partial charge in [0, 0.05) is 32.2 Å². The van der Waals surface area contributed by atoms with E-state index in [0.717, 1.165) is 58.1 Å². The van der Waals surface area contributed by atoms with Crippen molar-refractivity contribution in [3.8, 4) is 0 Å². The van der Waals surface area contributed by atoms with E-state index in [2.05, 4.69) is 42.8 Å². The first-order valence-electron chi connectivity index (χ1n) is 8.88. The summed E-state index contributed by atoms with van der Waals surface area (Å²) in [5.41, 5.74) is 0. The van der Waals surface area contributed by atoms with Gasteiger partial charge in [-0.3, -0.25) is 14.7 Å². The molecule has 0 aromatic carbocycles. The van der Waals surface area contributed by atoms with Crippen LogP contribution in [0.1, 0.15) is 40.5 Å². The second-order valence-electron chi connectivity index (χ2n) is 6.24. The number of esters is 1. The lowest BCUT2D eigenvalue weighted by atomic mass is 9.97. The molecule has 0 atom stereocenters. The van der Waals surface area contributed by atoms with E-state index in [-0.39, 0.29) is 35.9 Å². The Bertz CT molecular complexity index is 383. The van der Waals surface area contributed by atoms with Crippen molar-refractivity contribution >= 4 is 35.9 Å². The highest BCUT2D eigenvalue weighted by atomic mass is 127. The van der Waals surface area contributed by atoms with Crippen LogP contribution in [0.15, 0.2) is 4.99 Å². The van der Waals surface area contributed by atoms with E-state index in [1.54, 1.807) is 0 Å². The molecule has 0 aromatic heterocycles. The second kappa shape index (κ2) is 12.7. The summed E-state index contributed by atoms with van der Waals surface area (Å²) in [6, 6.07) is 0.550. The number of carbonyl (C=O) groups is 1. The molecule has 0 amide bonds. The van der Waals surface area contributed by atoms with E-state index in [1.165, 1.54) is 7.11 Å². The molecule has 0 unspecified atom stereocenters. The molecule has 1 aliphatic heterocycles. The molecule has 0 saturated carbocycles. The standard InChI is InChI=1S/C17H34N4O2.HI/c1-6-18-17(19-10-13-20(7-2)14(3)4)21-11-8-15(9-12-21)16(22)23-5;/h14-15H,6-13H2,1-5H3,(H,18,19);1H. The Balaban J connectivity index is 0.00000529. The lowest BCUT2D eigenvalue weighted by molar-refractivity contribution is -0.146. The van der Waals surface area contributed by atoms with E-state index >= 15 is 0 Å². The maximum absolute atomic E-state index is 11.6. The number of rotatable bonds is 7. The summed E-state index contributed by atoms with van der Waals surface area (Å²) in [5.74, 6) is 0.924. The van der Waals surface area contributed by atoms with Crippen molar-refractivity contribution in [1.29, 1.82) is 0 Å². The minimum atomic E-state index is -0.0814. The zero-order chi connectivity index (χ0) is 17.2. The highest BCUT2D eigenvalue weighted by molar-refractivity contribution is 14.0. The Morgan fingerprint density at radius 2 is 1.96 bits per heavy atom. The molecule has 1 fully saturated rings.